The lowest BCUT2D eigenvalue weighted by molar-refractivity contribution is 0.326. The lowest BCUT2D eigenvalue weighted by Gasteiger charge is -2.32. The van der Waals surface area contributed by atoms with E-state index in [-0.39, 0.29) is 0 Å². The second-order valence-corrected chi connectivity index (χ2v) is 9.92. The fourth-order valence-electron chi connectivity index (χ4n) is 2.61. The molecule has 0 aliphatic heterocycles. The van der Waals surface area contributed by atoms with Gasteiger partial charge in [-0.1, -0.05) is 67.6 Å². The van der Waals surface area contributed by atoms with E-state index in [0.717, 1.165) is 6.61 Å². The minimum atomic E-state index is -1.77. The van der Waals surface area contributed by atoms with Crippen molar-refractivity contribution in [3.05, 3.63) is 28.7 Å². The molecule has 1 rings (SSSR count). The average Bonchev–Trinajstić information content (AvgIpc) is 2.42. The minimum absolute atomic E-state index is 0.839. The molecule has 0 bridgehead atoms. The Hall–Kier alpha value is -0.123. The number of benzene rings is 1. The van der Waals surface area contributed by atoms with Crippen molar-refractivity contribution in [3.63, 3.8) is 0 Å². The Bertz CT molecular complexity index is 360. The summed E-state index contributed by atoms with van der Waals surface area (Å²) < 4.78 is 7.57. The molecule has 0 saturated heterocycles. The van der Waals surface area contributed by atoms with Crippen molar-refractivity contribution < 1.29 is 4.43 Å². The highest BCUT2D eigenvalue weighted by molar-refractivity contribution is 9.10. The van der Waals surface area contributed by atoms with Crippen LogP contribution in [0.1, 0.15) is 46.5 Å². The zero-order valence-corrected chi connectivity index (χ0v) is 15.1. The quantitative estimate of drug-likeness (QED) is 0.557. The lowest BCUT2D eigenvalue weighted by atomic mass is 10.4. The van der Waals surface area contributed by atoms with E-state index >= 15 is 0 Å². The summed E-state index contributed by atoms with van der Waals surface area (Å²) in [6.45, 7) is 7.52. The first-order valence-electron chi connectivity index (χ1n) is 7.58. The molecule has 0 saturated carbocycles. The molecular formula is C16H27BrOSi. The molecule has 1 aromatic carbocycles. The number of unbranched alkanes of at least 4 members (excludes halogenated alkanes) is 2. The number of hydrogen-bond donors (Lipinski definition) is 0. The summed E-state index contributed by atoms with van der Waals surface area (Å²) in [6, 6.07) is 11.3. The van der Waals surface area contributed by atoms with Crippen molar-refractivity contribution in [2.45, 2.75) is 58.5 Å². The van der Waals surface area contributed by atoms with Crippen LogP contribution in [0, 0.1) is 0 Å². The number of halogens is 1. The van der Waals surface area contributed by atoms with Gasteiger partial charge in [-0.05, 0) is 36.3 Å². The fourth-order valence-corrected chi connectivity index (χ4v) is 7.73. The third-order valence-corrected chi connectivity index (χ3v) is 8.66. The normalized spacial score (nSPS) is 11.8. The standard InChI is InChI=1S/C16H27BrOSi/c1-4-7-12-19(18-6-3,13-8-5-2)16-11-9-10-15(17)14-16/h9-11,14H,4-8,12-13H2,1-3H3. The molecule has 0 aromatic heterocycles. The van der Waals surface area contributed by atoms with Crippen molar-refractivity contribution >= 4 is 29.4 Å². The summed E-state index contributed by atoms with van der Waals surface area (Å²) in [7, 11) is -1.77. The minimum Gasteiger partial charge on any atom is -0.413 e. The van der Waals surface area contributed by atoms with E-state index in [1.165, 1.54) is 47.4 Å². The van der Waals surface area contributed by atoms with Crippen LogP contribution in [0.3, 0.4) is 0 Å². The molecule has 0 unspecified atom stereocenters. The maximum atomic E-state index is 6.39. The molecule has 0 fully saturated rings. The Kier molecular flexibility index (Phi) is 7.96. The van der Waals surface area contributed by atoms with Gasteiger partial charge in [-0.3, -0.25) is 0 Å². The maximum absolute atomic E-state index is 6.39. The van der Waals surface area contributed by atoms with Crippen LogP contribution in [-0.2, 0) is 4.43 Å². The first-order valence-corrected chi connectivity index (χ1v) is 10.7. The highest BCUT2D eigenvalue weighted by Crippen LogP contribution is 2.24. The molecule has 0 N–H and O–H groups in total. The predicted octanol–water partition coefficient (Wildman–Crippen LogP) is 5.24. The van der Waals surface area contributed by atoms with E-state index in [9.17, 15) is 0 Å². The van der Waals surface area contributed by atoms with Gasteiger partial charge in [0.1, 0.15) is 0 Å². The van der Waals surface area contributed by atoms with Crippen molar-refractivity contribution in [3.8, 4) is 0 Å². The maximum Gasteiger partial charge on any atom is 0.224 e. The monoisotopic (exact) mass is 342 g/mol. The summed E-state index contributed by atoms with van der Waals surface area (Å²) in [5, 5.41) is 1.46. The van der Waals surface area contributed by atoms with Crippen LogP contribution in [0.5, 0.6) is 0 Å². The Morgan fingerprint density at radius 2 is 1.68 bits per heavy atom. The van der Waals surface area contributed by atoms with Gasteiger partial charge in [0.2, 0.25) is 8.32 Å². The Balaban J connectivity index is 3.04. The van der Waals surface area contributed by atoms with E-state index in [4.69, 9.17) is 4.43 Å². The van der Waals surface area contributed by atoms with Crippen LogP contribution in [0.4, 0.5) is 0 Å². The number of hydrogen-bond acceptors (Lipinski definition) is 1. The highest BCUT2D eigenvalue weighted by atomic mass is 79.9. The van der Waals surface area contributed by atoms with Gasteiger partial charge in [-0.2, -0.15) is 0 Å². The zero-order chi connectivity index (χ0) is 14.1. The summed E-state index contributed by atoms with van der Waals surface area (Å²) in [4.78, 5) is 0. The highest BCUT2D eigenvalue weighted by Gasteiger charge is 2.35. The molecule has 0 spiro atoms. The Labute approximate surface area is 128 Å². The van der Waals surface area contributed by atoms with E-state index in [1.807, 2.05) is 0 Å². The van der Waals surface area contributed by atoms with Crippen LogP contribution in [0.25, 0.3) is 0 Å². The van der Waals surface area contributed by atoms with Crippen LogP contribution < -0.4 is 5.19 Å². The summed E-state index contributed by atoms with van der Waals surface area (Å²) in [6.07, 6.45) is 5.06. The molecule has 0 atom stereocenters. The van der Waals surface area contributed by atoms with Gasteiger partial charge in [0.15, 0.2) is 0 Å². The van der Waals surface area contributed by atoms with Crippen molar-refractivity contribution in [1.82, 2.24) is 0 Å². The van der Waals surface area contributed by atoms with Crippen LogP contribution in [0.2, 0.25) is 12.1 Å². The topological polar surface area (TPSA) is 9.23 Å². The van der Waals surface area contributed by atoms with Gasteiger partial charge in [-0.15, -0.1) is 0 Å². The Morgan fingerprint density at radius 3 is 2.16 bits per heavy atom. The molecule has 1 nitrogen and oxygen atoms in total. The van der Waals surface area contributed by atoms with Gasteiger partial charge in [0.25, 0.3) is 0 Å². The van der Waals surface area contributed by atoms with Crippen LogP contribution in [-0.4, -0.2) is 14.9 Å². The predicted molar refractivity (Wildman–Crippen MR) is 90.6 cm³/mol. The molecule has 0 heterocycles. The van der Waals surface area contributed by atoms with E-state index < -0.39 is 8.32 Å². The first-order chi connectivity index (χ1) is 9.18. The third kappa shape index (κ3) is 5.05. The van der Waals surface area contributed by atoms with Crippen LogP contribution >= 0.6 is 15.9 Å². The molecule has 0 radical (unpaired) electrons. The largest absolute Gasteiger partial charge is 0.413 e. The van der Waals surface area contributed by atoms with E-state index in [2.05, 4.69) is 61.0 Å². The molecule has 0 amide bonds. The molecule has 19 heavy (non-hydrogen) atoms. The van der Waals surface area contributed by atoms with Crippen LogP contribution in [0.15, 0.2) is 28.7 Å². The first kappa shape index (κ1) is 16.9. The molecule has 1 aromatic rings. The van der Waals surface area contributed by atoms with Gasteiger partial charge in [-0.25, -0.2) is 0 Å². The molecule has 0 aliphatic rings. The van der Waals surface area contributed by atoms with Gasteiger partial charge in [0.05, 0.1) is 0 Å². The zero-order valence-electron chi connectivity index (χ0n) is 12.5. The molecule has 3 heteroatoms. The summed E-state index contributed by atoms with van der Waals surface area (Å²) in [5.74, 6) is 0. The summed E-state index contributed by atoms with van der Waals surface area (Å²) in [5.41, 5.74) is 0. The van der Waals surface area contributed by atoms with Crippen molar-refractivity contribution in [1.29, 1.82) is 0 Å². The average molecular weight is 343 g/mol. The smallest absolute Gasteiger partial charge is 0.224 e. The molecule has 0 aliphatic carbocycles. The van der Waals surface area contributed by atoms with Crippen molar-refractivity contribution in [2.24, 2.45) is 0 Å². The summed E-state index contributed by atoms with van der Waals surface area (Å²) >= 11 is 3.61. The number of rotatable bonds is 9. The van der Waals surface area contributed by atoms with Gasteiger partial charge >= 0.3 is 0 Å². The van der Waals surface area contributed by atoms with Gasteiger partial charge in [0, 0.05) is 11.1 Å². The van der Waals surface area contributed by atoms with Crippen molar-refractivity contribution in [2.75, 3.05) is 6.61 Å². The second-order valence-electron chi connectivity index (χ2n) is 5.14. The SMILES string of the molecule is CCCC[Si](CCCC)(OCC)c1cccc(Br)c1. The van der Waals surface area contributed by atoms with E-state index in [0.29, 0.717) is 0 Å². The molecular weight excluding hydrogens is 316 g/mol. The van der Waals surface area contributed by atoms with E-state index in [1.54, 1.807) is 0 Å². The second kappa shape index (κ2) is 8.93. The Morgan fingerprint density at radius 1 is 1.05 bits per heavy atom. The fraction of sp³-hybridized carbons (Fsp3) is 0.625. The molecule has 108 valence electrons. The van der Waals surface area contributed by atoms with Gasteiger partial charge < -0.3 is 4.43 Å². The third-order valence-electron chi connectivity index (χ3n) is 3.64. The lowest BCUT2D eigenvalue weighted by Crippen LogP contribution is -2.50.